The highest BCUT2D eigenvalue weighted by Crippen LogP contribution is 2.28. The van der Waals surface area contributed by atoms with Crippen LogP contribution in [0.2, 0.25) is 0 Å². The smallest absolute Gasteiger partial charge is 0.317 e. The number of nitrogens with one attached hydrogen (secondary N) is 1. The molecule has 30 heavy (non-hydrogen) atoms. The summed E-state index contributed by atoms with van der Waals surface area (Å²) in [5.74, 6) is 0.746. The predicted molar refractivity (Wildman–Crippen MR) is 114 cm³/mol. The molecule has 2 aromatic carbocycles. The van der Waals surface area contributed by atoms with Crippen molar-refractivity contribution in [3.63, 3.8) is 0 Å². The highest BCUT2D eigenvalue weighted by atomic mass is 16.5. The van der Waals surface area contributed by atoms with Gasteiger partial charge in [0.2, 0.25) is 0 Å². The number of hydrogen-bond acceptors (Lipinski definition) is 4. The van der Waals surface area contributed by atoms with Crippen LogP contribution in [0.25, 0.3) is 22.2 Å². The van der Waals surface area contributed by atoms with E-state index in [1.54, 1.807) is 7.11 Å². The molecule has 0 bridgehead atoms. The summed E-state index contributed by atoms with van der Waals surface area (Å²) in [5.41, 5.74) is 3.09. The maximum atomic E-state index is 13.5. The first-order valence-corrected chi connectivity index (χ1v) is 10.0. The van der Waals surface area contributed by atoms with Crippen molar-refractivity contribution in [3.05, 3.63) is 60.2 Å². The Balaban J connectivity index is 1.52. The van der Waals surface area contributed by atoms with E-state index in [4.69, 9.17) is 9.72 Å². The minimum atomic E-state index is -0.0387. The van der Waals surface area contributed by atoms with Crippen LogP contribution in [0.5, 0.6) is 5.75 Å². The summed E-state index contributed by atoms with van der Waals surface area (Å²) in [7, 11) is 1.63. The van der Waals surface area contributed by atoms with Crippen molar-refractivity contribution < 1.29 is 14.3 Å². The van der Waals surface area contributed by atoms with Crippen LogP contribution in [0.15, 0.2) is 54.6 Å². The number of benzene rings is 2. The first-order chi connectivity index (χ1) is 14.6. The van der Waals surface area contributed by atoms with E-state index in [0.29, 0.717) is 31.7 Å². The van der Waals surface area contributed by atoms with Gasteiger partial charge in [0, 0.05) is 37.1 Å². The molecule has 3 amide bonds. The van der Waals surface area contributed by atoms with Crippen molar-refractivity contribution in [2.24, 2.45) is 0 Å². The van der Waals surface area contributed by atoms with Gasteiger partial charge in [-0.2, -0.15) is 0 Å². The summed E-state index contributed by atoms with van der Waals surface area (Å²) in [6.45, 7) is 2.19. The van der Waals surface area contributed by atoms with Gasteiger partial charge in [0.1, 0.15) is 5.75 Å². The first kappa shape index (κ1) is 18.4. The third-order valence-corrected chi connectivity index (χ3v) is 5.85. The third kappa shape index (κ3) is 3.12. The molecule has 1 atom stereocenters. The van der Waals surface area contributed by atoms with Gasteiger partial charge in [0.05, 0.1) is 29.9 Å². The minimum absolute atomic E-state index is 0.0256. The molecule has 0 spiro atoms. The van der Waals surface area contributed by atoms with Gasteiger partial charge < -0.3 is 19.9 Å². The fourth-order valence-electron chi connectivity index (χ4n) is 4.22. The first-order valence-electron chi connectivity index (χ1n) is 10.0. The normalized spacial score (nSPS) is 18.3. The summed E-state index contributed by atoms with van der Waals surface area (Å²) in [4.78, 5) is 33.8. The van der Waals surface area contributed by atoms with E-state index in [1.165, 1.54) is 0 Å². The number of carbonyl (C=O) groups is 2. The number of amides is 3. The number of aromatic nitrogens is 1. The third-order valence-electron chi connectivity index (χ3n) is 5.85. The lowest BCUT2D eigenvalue weighted by Gasteiger charge is -2.36. The van der Waals surface area contributed by atoms with Gasteiger partial charge in [0.15, 0.2) is 0 Å². The predicted octanol–water partition coefficient (Wildman–Crippen LogP) is 2.76. The zero-order chi connectivity index (χ0) is 20.7. The highest BCUT2D eigenvalue weighted by molar-refractivity contribution is 6.07. The molecule has 2 aliphatic heterocycles. The second-order valence-corrected chi connectivity index (χ2v) is 7.59. The van der Waals surface area contributed by atoms with E-state index >= 15 is 0 Å². The van der Waals surface area contributed by atoms with Gasteiger partial charge in [-0.3, -0.25) is 4.79 Å². The Morgan fingerprint density at radius 3 is 2.73 bits per heavy atom. The number of piperazine rings is 1. The van der Waals surface area contributed by atoms with E-state index in [1.807, 2.05) is 64.4 Å². The maximum Gasteiger partial charge on any atom is 0.317 e. The largest absolute Gasteiger partial charge is 0.497 e. The van der Waals surface area contributed by atoms with E-state index in [9.17, 15) is 9.59 Å². The molecule has 7 nitrogen and oxygen atoms in total. The maximum absolute atomic E-state index is 13.5. The molecule has 0 unspecified atom stereocenters. The lowest BCUT2D eigenvalue weighted by molar-refractivity contribution is 0.0619. The lowest BCUT2D eigenvalue weighted by Crippen LogP contribution is -2.53. The average molecular weight is 402 g/mol. The molecule has 2 aliphatic rings. The Hall–Kier alpha value is -3.61. The molecule has 0 aliphatic carbocycles. The molecule has 152 valence electrons. The zero-order valence-electron chi connectivity index (χ0n) is 16.7. The quantitative estimate of drug-likeness (QED) is 0.731. The van der Waals surface area contributed by atoms with Gasteiger partial charge >= 0.3 is 6.03 Å². The van der Waals surface area contributed by atoms with Crippen LogP contribution in [0.3, 0.4) is 0 Å². The average Bonchev–Trinajstić information content (AvgIpc) is 3.18. The van der Waals surface area contributed by atoms with Crippen molar-refractivity contribution in [2.75, 3.05) is 33.3 Å². The fourth-order valence-corrected chi connectivity index (χ4v) is 4.22. The number of fused-ring (bicyclic) bond motifs is 2. The van der Waals surface area contributed by atoms with Crippen LogP contribution in [0.1, 0.15) is 10.4 Å². The zero-order valence-corrected chi connectivity index (χ0v) is 16.7. The molecular formula is C23H22N4O3. The lowest BCUT2D eigenvalue weighted by atomic mass is 10.0. The van der Waals surface area contributed by atoms with E-state index in [2.05, 4.69) is 5.32 Å². The number of urea groups is 1. The van der Waals surface area contributed by atoms with Crippen molar-refractivity contribution in [3.8, 4) is 17.0 Å². The van der Waals surface area contributed by atoms with Crippen LogP contribution in [0.4, 0.5) is 4.79 Å². The molecule has 3 heterocycles. The van der Waals surface area contributed by atoms with Crippen molar-refractivity contribution >= 4 is 22.8 Å². The van der Waals surface area contributed by atoms with Crippen LogP contribution < -0.4 is 10.1 Å². The van der Waals surface area contributed by atoms with Gasteiger partial charge in [-0.25, -0.2) is 9.78 Å². The van der Waals surface area contributed by atoms with Gasteiger partial charge in [-0.05, 0) is 36.4 Å². The van der Waals surface area contributed by atoms with Gasteiger partial charge in [-0.1, -0.05) is 18.2 Å². The van der Waals surface area contributed by atoms with E-state index < -0.39 is 0 Å². The second-order valence-electron chi connectivity index (χ2n) is 7.59. The number of ether oxygens (including phenoxy) is 1. The Morgan fingerprint density at radius 1 is 1.13 bits per heavy atom. The Kier molecular flexibility index (Phi) is 4.50. The summed E-state index contributed by atoms with van der Waals surface area (Å²) >= 11 is 0. The molecular weight excluding hydrogens is 380 g/mol. The monoisotopic (exact) mass is 402 g/mol. The molecule has 1 aromatic heterocycles. The van der Waals surface area contributed by atoms with Crippen molar-refractivity contribution in [1.29, 1.82) is 0 Å². The summed E-state index contributed by atoms with van der Waals surface area (Å²) in [6.07, 6.45) is 0. The van der Waals surface area contributed by atoms with Crippen molar-refractivity contribution in [2.45, 2.75) is 6.04 Å². The van der Waals surface area contributed by atoms with Crippen molar-refractivity contribution in [1.82, 2.24) is 20.1 Å². The van der Waals surface area contributed by atoms with E-state index in [-0.39, 0.29) is 18.0 Å². The number of methoxy groups -OCH3 is 1. The Labute approximate surface area is 174 Å². The Bertz CT molecular complexity index is 1130. The van der Waals surface area contributed by atoms with Crippen LogP contribution in [-0.4, -0.2) is 66.1 Å². The summed E-state index contributed by atoms with van der Waals surface area (Å²) in [5, 5.41) is 3.70. The number of para-hydroxylation sites is 1. The van der Waals surface area contributed by atoms with E-state index in [0.717, 1.165) is 27.9 Å². The molecule has 3 aromatic rings. The summed E-state index contributed by atoms with van der Waals surface area (Å²) in [6, 6.07) is 17.2. The highest BCUT2D eigenvalue weighted by Gasteiger charge is 2.37. The standard InChI is InChI=1S/C23H22N4O3/c1-30-17-8-6-15(7-9-17)21-12-19(18-4-2-3-5-20(18)25-21)22(28)26-10-11-27-16(14-26)13-24-23(27)29/h2-9,12,16H,10-11,13-14H2,1H3,(H,24,29)/t16-/m1/s1. The number of hydrogen-bond donors (Lipinski definition) is 1. The summed E-state index contributed by atoms with van der Waals surface area (Å²) < 4.78 is 5.24. The van der Waals surface area contributed by atoms with Gasteiger partial charge in [0.25, 0.3) is 5.91 Å². The second kappa shape index (κ2) is 7.33. The molecule has 7 heteroatoms. The number of nitrogens with zero attached hydrogens (tertiary/aromatic N) is 3. The number of pyridine rings is 1. The molecule has 1 N–H and O–H groups in total. The fraction of sp³-hybridized carbons (Fsp3) is 0.261. The molecule has 2 saturated heterocycles. The molecule has 2 fully saturated rings. The van der Waals surface area contributed by atoms with Crippen LogP contribution in [0, 0.1) is 0 Å². The number of carbonyl (C=O) groups excluding carboxylic acids is 2. The molecule has 5 rings (SSSR count). The SMILES string of the molecule is COc1ccc(-c2cc(C(=O)N3CCN4C(=O)NC[C@@H]4C3)c3ccccc3n2)cc1. The molecule has 0 radical (unpaired) electrons. The van der Waals surface area contributed by atoms with Crippen LogP contribution in [-0.2, 0) is 0 Å². The van der Waals surface area contributed by atoms with Gasteiger partial charge in [-0.15, -0.1) is 0 Å². The Morgan fingerprint density at radius 2 is 1.93 bits per heavy atom. The van der Waals surface area contributed by atoms with Crippen LogP contribution >= 0.6 is 0 Å². The minimum Gasteiger partial charge on any atom is -0.497 e. The number of rotatable bonds is 3. The molecule has 0 saturated carbocycles. The topological polar surface area (TPSA) is 74.8 Å².